The molecule has 0 amide bonds. The van der Waals surface area contributed by atoms with Crippen molar-refractivity contribution in [1.82, 2.24) is 10.6 Å². The number of hydrogen-bond donors (Lipinski definition) is 2. The zero-order chi connectivity index (χ0) is 12.8. The van der Waals surface area contributed by atoms with Gasteiger partial charge in [0, 0.05) is 17.6 Å². The van der Waals surface area contributed by atoms with Gasteiger partial charge in [0.05, 0.1) is 7.11 Å². The summed E-state index contributed by atoms with van der Waals surface area (Å²) in [5.74, 6) is 0.812. The summed E-state index contributed by atoms with van der Waals surface area (Å²) in [5, 5.41) is 7.74. The van der Waals surface area contributed by atoms with E-state index in [0.29, 0.717) is 6.04 Å². The number of rotatable bonds is 6. The molecule has 3 nitrogen and oxygen atoms in total. The van der Waals surface area contributed by atoms with Gasteiger partial charge in [-0.3, -0.25) is 0 Å². The summed E-state index contributed by atoms with van der Waals surface area (Å²) < 4.78 is 5.13. The monoisotopic (exact) mass is 268 g/mol. The van der Waals surface area contributed by atoms with Gasteiger partial charge in [-0.25, -0.2) is 0 Å². The molecule has 0 bridgehead atoms. The second-order valence-electron chi connectivity index (χ2n) is 4.70. The summed E-state index contributed by atoms with van der Waals surface area (Å²) >= 11 is 6.19. The van der Waals surface area contributed by atoms with Gasteiger partial charge in [-0.05, 0) is 50.0 Å². The van der Waals surface area contributed by atoms with Crippen molar-refractivity contribution >= 4 is 11.6 Å². The van der Waals surface area contributed by atoms with E-state index in [0.717, 1.165) is 36.8 Å². The molecule has 1 aromatic rings. The standard InChI is InChI=1S/C14H21ClN2O/c1-18-13-5-4-11(14(15)9-13)6-8-16-10-12-3-2-7-17-12/h4-5,9,12,16-17H,2-3,6-8,10H2,1H3. The quantitative estimate of drug-likeness (QED) is 0.777. The minimum absolute atomic E-state index is 0.649. The molecule has 1 fully saturated rings. The van der Waals surface area contributed by atoms with E-state index in [1.54, 1.807) is 7.11 Å². The van der Waals surface area contributed by atoms with E-state index in [1.807, 2.05) is 18.2 Å². The van der Waals surface area contributed by atoms with Crippen molar-refractivity contribution < 1.29 is 4.74 Å². The third kappa shape index (κ3) is 3.87. The van der Waals surface area contributed by atoms with E-state index < -0.39 is 0 Å². The van der Waals surface area contributed by atoms with Crippen molar-refractivity contribution in [3.8, 4) is 5.75 Å². The molecule has 0 aromatic heterocycles. The maximum absolute atomic E-state index is 6.19. The topological polar surface area (TPSA) is 33.3 Å². The molecule has 1 aromatic carbocycles. The number of ether oxygens (including phenoxy) is 1. The molecule has 0 radical (unpaired) electrons. The van der Waals surface area contributed by atoms with Gasteiger partial charge in [-0.15, -0.1) is 0 Å². The Morgan fingerprint density at radius 3 is 3.06 bits per heavy atom. The Balaban J connectivity index is 1.72. The van der Waals surface area contributed by atoms with Gasteiger partial charge in [-0.2, -0.15) is 0 Å². The smallest absolute Gasteiger partial charge is 0.120 e. The maximum atomic E-state index is 6.19. The van der Waals surface area contributed by atoms with Crippen LogP contribution in [0.15, 0.2) is 18.2 Å². The molecule has 1 atom stereocenters. The molecule has 0 aliphatic carbocycles. The fourth-order valence-electron chi connectivity index (χ4n) is 2.29. The van der Waals surface area contributed by atoms with Crippen molar-refractivity contribution in [2.24, 2.45) is 0 Å². The van der Waals surface area contributed by atoms with Crippen molar-refractivity contribution in [1.29, 1.82) is 0 Å². The second kappa shape index (κ2) is 6.98. The van der Waals surface area contributed by atoms with Crippen molar-refractivity contribution in [3.05, 3.63) is 28.8 Å². The highest BCUT2D eigenvalue weighted by Gasteiger charge is 2.12. The largest absolute Gasteiger partial charge is 0.497 e. The van der Waals surface area contributed by atoms with E-state index in [1.165, 1.54) is 18.4 Å². The van der Waals surface area contributed by atoms with E-state index in [-0.39, 0.29) is 0 Å². The molecule has 100 valence electrons. The summed E-state index contributed by atoms with van der Waals surface area (Å²) in [6, 6.07) is 6.52. The number of benzene rings is 1. The summed E-state index contributed by atoms with van der Waals surface area (Å²) in [5.41, 5.74) is 1.17. The first kappa shape index (κ1) is 13.7. The molecule has 18 heavy (non-hydrogen) atoms. The van der Waals surface area contributed by atoms with Crippen LogP contribution in [0.5, 0.6) is 5.75 Å². The molecule has 0 spiro atoms. The predicted molar refractivity (Wildman–Crippen MR) is 75.6 cm³/mol. The first-order valence-corrected chi connectivity index (χ1v) is 6.94. The molecular weight excluding hydrogens is 248 g/mol. The van der Waals surface area contributed by atoms with E-state index in [2.05, 4.69) is 10.6 Å². The van der Waals surface area contributed by atoms with Gasteiger partial charge in [-0.1, -0.05) is 17.7 Å². The van der Waals surface area contributed by atoms with Gasteiger partial charge >= 0.3 is 0 Å². The molecular formula is C14H21ClN2O. The second-order valence-corrected chi connectivity index (χ2v) is 5.11. The highest BCUT2D eigenvalue weighted by Crippen LogP contribution is 2.22. The fourth-order valence-corrected chi connectivity index (χ4v) is 2.55. The summed E-state index contributed by atoms with van der Waals surface area (Å²) in [4.78, 5) is 0. The summed E-state index contributed by atoms with van der Waals surface area (Å²) in [7, 11) is 1.65. The lowest BCUT2D eigenvalue weighted by Crippen LogP contribution is -2.34. The molecule has 1 aliphatic rings. The minimum atomic E-state index is 0.649. The average molecular weight is 269 g/mol. The SMILES string of the molecule is COc1ccc(CCNCC2CCCN2)c(Cl)c1. The molecule has 1 aliphatic heterocycles. The Morgan fingerprint density at radius 2 is 2.39 bits per heavy atom. The van der Waals surface area contributed by atoms with Crippen molar-refractivity contribution in [2.45, 2.75) is 25.3 Å². The lowest BCUT2D eigenvalue weighted by molar-refractivity contribution is 0.414. The maximum Gasteiger partial charge on any atom is 0.120 e. The van der Waals surface area contributed by atoms with Gasteiger partial charge in [0.1, 0.15) is 5.75 Å². The Hall–Kier alpha value is -0.770. The Kier molecular flexibility index (Phi) is 5.29. The lowest BCUT2D eigenvalue weighted by atomic mass is 10.1. The van der Waals surface area contributed by atoms with Crippen LogP contribution in [0, 0.1) is 0 Å². The summed E-state index contributed by atoms with van der Waals surface area (Å²) in [6.07, 6.45) is 3.54. The van der Waals surface area contributed by atoms with Crippen molar-refractivity contribution in [2.75, 3.05) is 26.7 Å². The van der Waals surface area contributed by atoms with Crippen LogP contribution in [-0.4, -0.2) is 32.8 Å². The van der Waals surface area contributed by atoms with Gasteiger partial charge < -0.3 is 15.4 Å². The number of nitrogens with one attached hydrogen (secondary N) is 2. The zero-order valence-corrected chi connectivity index (χ0v) is 11.6. The van der Waals surface area contributed by atoms with Gasteiger partial charge in [0.15, 0.2) is 0 Å². The first-order valence-electron chi connectivity index (χ1n) is 6.56. The molecule has 1 unspecified atom stereocenters. The van der Waals surface area contributed by atoms with Crippen LogP contribution in [0.3, 0.4) is 0 Å². The third-order valence-corrected chi connectivity index (χ3v) is 3.74. The molecule has 0 saturated carbocycles. The highest BCUT2D eigenvalue weighted by atomic mass is 35.5. The molecule has 2 N–H and O–H groups in total. The number of hydrogen-bond acceptors (Lipinski definition) is 3. The third-order valence-electron chi connectivity index (χ3n) is 3.38. The van der Waals surface area contributed by atoms with Crippen LogP contribution >= 0.6 is 11.6 Å². The Bertz CT molecular complexity index is 378. The van der Waals surface area contributed by atoms with Crippen LogP contribution in [0.2, 0.25) is 5.02 Å². The van der Waals surface area contributed by atoms with Crippen LogP contribution in [0.4, 0.5) is 0 Å². The van der Waals surface area contributed by atoms with Crippen LogP contribution in [0.25, 0.3) is 0 Å². The Morgan fingerprint density at radius 1 is 1.50 bits per heavy atom. The van der Waals surface area contributed by atoms with E-state index in [9.17, 15) is 0 Å². The molecule has 1 heterocycles. The van der Waals surface area contributed by atoms with Crippen molar-refractivity contribution in [3.63, 3.8) is 0 Å². The van der Waals surface area contributed by atoms with Crippen LogP contribution < -0.4 is 15.4 Å². The average Bonchev–Trinajstić information content (AvgIpc) is 2.89. The fraction of sp³-hybridized carbons (Fsp3) is 0.571. The molecule has 1 saturated heterocycles. The predicted octanol–water partition coefficient (Wildman–Crippen LogP) is 2.23. The summed E-state index contributed by atoms with van der Waals surface area (Å²) in [6.45, 7) is 3.18. The molecule has 2 rings (SSSR count). The minimum Gasteiger partial charge on any atom is -0.497 e. The Labute approximate surface area is 114 Å². The lowest BCUT2D eigenvalue weighted by Gasteiger charge is -2.12. The van der Waals surface area contributed by atoms with E-state index >= 15 is 0 Å². The van der Waals surface area contributed by atoms with Crippen LogP contribution in [-0.2, 0) is 6.42 Å². The van der Waals surface area contributed by atoms with Gasteiger partial charge in [0.25, 0.3) is 0 Å². The zero-order valence-electron chi connectivity index (χ0n) is 10.8. The van der Waals surface area contributed by atoms with Crippen LogP contribution in [0.1, 0.15) is 18.4 Å². The number of methoxy groups -OCH3 is 1. The van der Waals surface area contributed by atoms with Gasteiger partial charge in [0.2, 0.25) is 0 Å². The first-order chi connectivity index (χ1) is 8.79. The normalized spacial score (nSPS) is 19.1. The number of halogens is 1. The molecule has 4 heteroatoms. The van der Waals surface area contributed by atoms with E-state index in [4.69, 9.17) is 16.3 Å². The highest BCUT2D eigenvalue weighted by molar-refractivity contribution is 6.31.